The van der Waals surface area contributed by atoms with Gasteiger partial charge in [0.25, 0.3) is 0 Å². The summed E-state index contributed by atoms with van der Waals surface area (Å²) in [5.41, 5.74) is -0.535. The van der Waals surface area contributed by atoms with Crippen LogP contribution in [0.1, 0.15) is 0 Å². The molecule has 0 aromatic rings. The fourth-order valence-corrected chi connectivity index (χ4v) is 1.53. The quantitative estimate of drug-likeness (QED) is 0.487. The molecule has 0 heterocycles. The molecule has 0 saturated heterocycles. The normalized spacial score (nSPS) is 20.1. The number of ether oxygens (including phenoxy) is 1. The van der Waals surface area contributed by atoms with E-state index in [1.807, 2.05) is 0 Å². The standard InChI is InChI=1S/C11H6ClF2NO3/c12-8-2-1-6(9(17)3-4-15)10(7(8)5-16)18-11(13)14/h1-3,10-11,17H. The third kappa shape index (κ3) is 3.05. The maximum Gasteiger partial charge on any atom is 0.346 e. The zero-order valence-corrected chi connectivity index (χ0v) is 9.49. The van der Waals surface area contributed by atoms with Gasteiger partial charge < -0.3 is 9.84 Å². The number of aliphatic hydroxyl groups is 1. The topological polar surface area (TPSA) is 70.3 Å². The van der Waals surface area contributed by atoms with E-state index in [0.717, 1.165) is 6.08 Å². The lowest BCUT2D eigenvalue weighted by molar-refractivity contribution is -0.142. The SMILES string of the molecule is N#CC=C(O)C1=CC=C(Cl)C(=C=O)C1OC(F)F. The van der Waals surface area contributed by atoms with Crippen LogP contribution in [0.2, 0.25) is 0 Å². The number of nitrogens with zero attached hydrogens (tertiary/aromatic N) is 1. The van der Waals surface area contributed by atoms with E-state index in [2.05, 4.69) is 4.74 Å². The van der Waals surface area contributed by atoms with Crippen molar-refractivity contribution in [1.82, 2.24) is 0 Å². The van der Waals surface area contributed by atoms with Crippen LogP contribution in [0.5, 0.6) is 0 Å². The summed E-state index contributed by atoms with van der Waals surface area (Å²) in [5.74, 6) is 0.795. The molecular weight excluding hydrogens is 268 g/mol. The highest BCUT2D eigenvalue weighted by Crippen LogP contribution is 2.32. The molecule has 0 saturated carbocycles. The summed E-state index contributed by atoms with van der Waals surface area (Å²) < 4.78 is 28.7. The lowest BCUT2D eigenvalue weighted by atomic mass is 9.95. The van der Waals surface area contributed by atoms with Crippen LogP contribution in [0.4, 0.5) is 8.78 Å². The van der Waals surface area contributed by atoms with Crippen LogP contribution in [-0.4, -0.2) is 23.8 Å². The number of hydrogen-bond donors (Lipinski definition) is 1. The van der Waals surface area contributed by atoms with E-state index in [0.29, 0.717) is 0 Å². The van der Waals surface area contributed by atoms with Crippen molar-refractivity contribution < 1.29 is 23.4 Å². The number of carbonyl (C=O) groups excluding carboxylic acids is 1. The molecular formula is C11H6ClF2NO3. The molecule has 0 amide bonds. The predicted molar refractivity (Wildman–Crippen MR) is 58.4 cm³/mol. The number of halogens is 3. The van der Waals surface area contributed by atoms with E-state index < -0.39 is 18.5 Å². The molecule has 7 heteroatoms. The molecule has 18 heavy (non-hydrogen) atoms. The molecule has 1 aliphatic carbocycles. The summed E-state index contributed by atoms with van der Waals surface area (Å²) in [6.45, 7) is -3.18. The van der Waals surface area contributed by atoms with Crippen molar-refractivity contribution in [2.45, 2.75) is 12.7 Å². The molecule has 0 radical (unpaired) electrons. The molecule has 1 unspecified atom stereocenters. The molecule has 1 atom stereocenters. The minimum atomic E-state index is -3.18. The van der Waals surface area contributed by atoms with Crippen LogP contribution >= 0.6 is 11.6 Å². The first-order chi connectivity index (χ1) is 8.51. The average Bonchev–Trinajstić information content (AvgIpc) is 2.29. The molecule has 1 aliphatic rings. The average molecular weight is 274 g/mol. The van der Waals surface area contributed by atoms with Gasteiger partial charge in [0, 0.05) is 5.57 Å². The zero-order chi connectivity index (χ0) is 13.7. The maximum atomic E-state index is 12.3. The van der Waals surface area contributed by atoms with Crippen molar-refractivity contribution in [2.24, 2.45) is 0 Å². The monoisotopic (exact) mass is 273 g/mol. The van der Waals surface area contributed by atoms with Gasteiger partial charge in [-0.3, -0.25) is 0 Å². The predicted octanol–water partition coefficient (Wildman–Crippen LogP) is 2.38. The Morgan fingerprint density at radius 1 is 1.61 bits per heavy atom. The Balaban J connectivity index is 3.25. The summed E-state index contributed by atoms with van der Waals surface area (Å²) in [6, 6.07) is 1.53. The number of rotatable bonds is 3. The van der Waals surface area contributed by atoms with Crippen molar-refractivity contribution in [3.8, 4) is 6.07 Å². The third-order valence-corrected chi connectivity index (χ3v) is 2.39. The van der Waals surface area contributed by atoms with Crippen LogP contribution in [0.25, 0.3) is 0 Å². The number of alkyl halides is 2. The summed E-state index contributed by atoms with van der Waals surface area (Å²) >= 11 is 5.63. The third-order valence-electron chi connectivity index (χ3n) is 2.06. The highest BCUT2D eigenvalue weighted by Gasteiger charge is 2.31. The molecule has 0 aromatic carbocycles. The minimum absolute atomic E-state index is 0.121. The van der Waals surface area contributed by atoms with Gasteiger partial charge in [0.1, 0.15) is 17.8 Å². The minimum Gasteiger partial charge on any atom is -0.507 e. The van der Waals surface area contributed by atoms with Gasteiger partial charge in [-0.1, -0.05) is 17.7 Å². The lowest BCUT2D eigenvalue weighted by Crippen LogP contribution is -2.25. The summed E-state index contributed by atoms with van der Waals surface area (Å²) in [4.78, 5) is 10.7. The molecule has 94 valence electrons. The molecule has 0 spiro atoms. The second-order valence-corrected chi connectivity index (χ2v) is 3.50. The van der Waals surface area contributed by atoms with Crippen molar-refractivity contribution in [3.05, 3.63) is 40.2 Å². The van der Waals surface area contributed by atoms with E-state index in [1.165, 1.54) is 24.2 Å². The fraction of sp³-hybridized carbons (Fsp3) is 0.182. The molecule has 0 aromatic heterocycles. The summed E-state index contributed by atoms with van der Waals surface area (Å²) in [6.07, 6.45) is 1.55. The van der Waals surface area contributed by atoms with Gasteiger partial charge in [-0.15, -0.1) is 0 Å². The maximum absolute atomic E-state index is 12.3. The Kier molecular flexibility index (Phi) is 4.81. The van der Waals surface area contributed by atoms with Gasteiger partial charge in [-0.05, 0) is 6.08 Å². The molecule has 0 fully saturated rings. The molecule has 0 aliphatic heterocycles. The van der Waals surface area contributed by atoms with Gasteiger partial charge in [0.15, 0.2) is 0 Å². The Morgan fingerprint density at radius 2 is 2.28 bits per heavy atom. The highest BCUT2D eigenvalue weighted by atomic mass is 35.5. The Morgan fingerprint density at radius 3 is 2.78 bits per heavy atom. The summed E-state index contributed by atoms with van der Waals surface area (Å²) in [5, 5.41) is 17.7. The van der Waals surface area contributed by atoms with Crippen LogP contribution in [0, 0.1) is 11.3 Å². The van der Waals surface area contributed by atoms with Gasteiger partial charge in [0.05, 0.1) is 22.8 Å². The summed E-state index contributed by atoms with van der Waals surface area (Å²) in [7, 11) is 0. The number of aliphatic hydroxyl groups excluding tert-OH is 1. The van der Waals surface area contributed by atoms with Gasteiger partial charge in [0.2, 0.25) is 0 Å². The van der Waals surface area contributed by atoms with Crippen molar-refractivity contribution in [1.29, 1.82) is 5.26 Å². The van der Waals surface area contributed by atoms with Crippen LogP contribution < -0.4 is 0 Å². The molecule has 1 rings (SSSR count). The van der Waals surface area contributed by atoms with E-state index in [-0.39, 0.29) is 16.2 Å². The lowest BCUT2D eigenvalue weighted by Gasteiger charge is -2.23. The van der Waals surface area contributed by atoms with E-state index in [1.54, 1.807) is 0 Å². The van der Waals surface area contributed by atoms with E-state index >= 15 is 0 Å². The van der Waals surface area contributed by atoms with Crippen LogP contribution in [0.3, 0.4) is 0 Å². The van der Waals surface area contributed by atoms with Crippen molar-refractivity contribution >= 4 is 17.5 Å². The second-order valence-electron chi connectivity index (χ2n) is 3.09. The first kappa shape index (κ1) is 14.1. The number of hydrogen-bond acceptors (Lipinski definition) is 4. The van der Waals surface area contributed by atoms with E-state index in [9.17, 15) is 18.7 Å². The van der Waals surface area contributed by atoms with Gasteiger partial charge in [-0.25, -0.2) is 4.79 Å². The Labute approximate surface area is 106 Å². The number of nitriles is 1. The molecule has 0 bridgehead atoms. The van der Waals surface area contributed by atoms with Gasteiger partial charge >= 0.3 is 6.61 Å². The van der Waals surface area contributed by atoms with Crippen molar-refractivity contribution in [2.75, 3.05) is 0 Å². The zero-order valence-electron chi connectivity index (χ0n) is 8.73. The van der Waals surface area contributed by atoms with Crippen LogP contribution in [0.15, 0.2) is 40.2 Å². The van der Waals surface area contributed by atoms with Crippen molar-refractivity contribution in [3.63, 3.8) is 0 Å². The fourth-order valence-electron chi connectivity index (χ4n) is 1.33. The Hall–Kier alpha value is -1.93. The second kappa shape index (κ2) is 6.12. The highest BCUT2D eigenvalue weighted by molar-refractivity contribution is 6.33. The Bertz CT molecular complexity index is 525. The molecule has 1 N–H and O–H groups in total. The number of allylic oxidation sites excluding steroid dienone is 3. The first-order valence-electron chi connectivity index (χ1n) is 4.56. The van der Waals surface area contributed by atoms with Gasteiger partial charge in [-0.2, -0.15) is 14.0 Å². The first-order valence-corrected chi connectivity index (χ1v) is 4.94. The largest absolute Gasteiger partial charge is 0.507 e. The smallest absolute Gasteiger partial charge is 0.346 e. The molecule has 4 nitrogen and oxygen atoms in total. The van der Waals surface area contributed by atoms with E-state index in [4.69, 9.17) is 16.9 Å². The van der Waals surface area contributed by atoms with Crippen LogP contribution in [-0.2, 0) is 9.53 Å².